The lowest BCUT2D eigenvalue weighted by atomic mass is 10.2. The molecule has 0 bridgehead atoms. The van der Waals surface area contributed by atoms with Crippen molar-refractivity contribution in [1.82, 2.24) is 0 Å². The predicted octanol–water partition coefficient (Wildman–Crippen LogP) is 1.94. The Morgan fingerprint density at radius 2 is 1.94 bits per heavy atom. The van der Waals surface area contributed by atoms with Crippen molar-refractivity contribution >= 4 is 22.4 Å². The van der Waals surface area contributed by atoms with E-state index in [1.54, 1.807) is 6.92 Å². The summed E-state index contributed by atoms with van der Waals surface area (Å²) in [5, 5.41) is 2.73. The molecule has 0 fully saturated rings. The van der Waals surface area contributed by atoms with Crippen molar-refractivity contribution in [2.24, 2.45) is 0 Å². The number of anilines is 1. The number of carbonyl (C=O) groups excluding carboxylic acids is 1. The van der Waals surface area contributed by atoms with Gasteiger partial charge in [0.1, 0.15) is 10.7 Å². The molecule has 0 saturated carbocycles. The van der Waals surface area contributed by atoms with E-state index in [2.05, 4.69) is 5.32 Å². The lowest BCUT2D eigenvalue weighted by Crippen LogP contribution is -2.25. The zero-order chi connectivity index (χ0) is 13.1. The highest BCUT2D eigenvalue weighted by Crippen LogP contribution is 2.18. The fourth-order valence-corrected chi connectivity index (χ4v) is 2.76. The van der Waals surface area contributed by atoms with Crippen LogP contribution in [0.1, 0.15) is 12.5 Å². The van der Waals surface area contributed by atoms with E-state index in [4.69, 9.17) is 4.74 Å². The van der Waals surface area contributed by atoms with E-state index in [0.29, 0.717) is 23.8 Å². The molecule has 2 rings (SSSR count). The first-order valence-electron chi connectivity index (χ1n) is 5.68. The molecule has 0 spiro atoms. The van der Waals surface area contributed by atoms with Crippen LogP contribution in [-0.4, -0.2) is 22.5 Å². The molecule has 1 N–H and O–H groups in total. The average Bonchev–Trinajstić information content (AvgIpc) is 2.32. The van der Waals surface area contributed by atoms with Crippen molar-refractivity contribution in [2.45, 2.75) is 13.8 Å². The Morgan fingerprint density at radius 3 is 2.56 bits per heavy atom. The van der Waals surface area contributed by atoms with Crippen LogP contribution in [0.5, 0.6) is 0 Å². The number of amides is 1. The van der Waals surface area contributed by atoms with Gasteiger partial charge in [-0.1, -0.05) is 17.7 Å². The molecule has 0 aromatic heterocycles. The highest BCUT2D eigenvalue weighted by Gasteiger charge is 2.24. The maximum Gasteiger partial charge on any atom is 0.268 e. The van der Waals surface area contributed by atoms with E-state index in [1.807, 2.05) is 31.2 Å². The highest BCUT2D eigenvalue weighted by atomic mass is 32.2. The van der Waals surface area contributed by atoms with Crippen LogP contribution < -0.4 is 5.32 Å². The number of nitrogens with one attached hydrogen (secondary N) is 1. The van der Waals surface area contributed by atoms with Crippen molar-refractivity contribution in [2.75, 3.05) is 17.7 Å². The summed E-state index contributed by atoms with van der Waals surface area (Å²) in [5.41, 5.74) is 1.81. The molecule has 4 nitrogen and oxygen atoms in total. The third-order valence-electron chi connectivity index (χ3n) is 2.65. The van der Waals surface area contributed by atoms with Gasteiger partial charge in [0.25, 0.3) is 5.91 Å². The molecule has 0 radical (unpaired) electrons. The van der Waals surface area contributed by atoms with E-state index >= 15 is 0 Å². The number of allylic oxidation sites excluding steroid dienone is 1. The van der Waals surface area contributed by atoms with Crippen LogP contribution in [0, 0.1) is 6.92 Å². The molecule has 18 heavy (non-hydrogen) atoms. The average molecular weight is 265 g/mol. The fourth-order valence-electron chi connectivity index (χ4n) is 1.69. The van der Waals surface area contributed by atoms with Gasteiger partial charge in [-0.2, -0.15) is 0 Å². The molecular formula is C13H15NO3S. The Hall–Kier alpha value is -1.62. The normalized spacial score (nSPS) is 19.3. The van der Waals surface area contributed by atoms with Gasteiger partial charge in [-0.05, 0) is 26.0 Å². The summed E-state index contributed by atoms with van der Waals surface area (Å²) in [4.78, 5) is 12.3. The summed E-state index contributed by atoms with van der Waals surface area (Å²) in [6.07, 6.45) is 0. The minimum Gasteiger partial charge on any atom is -0.496 e. The second-order valence-corrected chi connectivity index (χ2v) is 5.61. The van der Waals surface area contributed by atoms with Gasteiger partial charge in [0.05, 0.1) is 23.2 Å². The number of rotatable bonds is 2. The third-order valence-corrected chi connectivity index (χ3v) is 4.12. The number of aryl methyl sites for hydroxylation is 1. The summed E-state index contributed by atoms with van der Waals surface area (Å²) in [7, 11) is -1.27. The SMILES string of the molecule is CC1=C(C(=O)Nc2ccc(C)cc2)S(=O)CCO1. The van der Waals surface area contributed by atoms with Crippen LogP contribution >= 0.6 is 0 Å². The van der Waals surface area contributed by atoms with Gasteiger partial charge in [0.2, 0.25) is 0 Å². The zero-order valence-electron chi connectivity index (χ0n) is 10.4. The molecule has 0 aliphatic carbocycles. The molecule has 96 valence electrons. The smallest absolute Gasteiger partial charge is 0.268 e. The van der Waals surface area contributed by atoms with Crippen LogP contribution in [-0.2, 0) is 20.3 Å². The van der Waals surface area contributed by atoms with E-state index in [1.165, 1.54) is 0 Å². The molecule has 1 aliphatic rings. The fraction of sp³-hybridized carbons (Fsp3) is 0.308. The van der Waals surface area contributed by atoms with Gasteiger partial charge in [-0.25, -0.2) is 0 Å². The molecule has 1 unspecified atom stereocenters. The van der Waals surface area contributed by atoms with Crippen molar-refractivity contribution in [1.29, 1.82) is 0 Å². The van der Waals surface area contributed by atoms with Crippen LogP contribution in [0.2, 0.25) is 0 Å². The van der Waals surface area contributed by atoms with Crippen molar-refractivity contribution in [3.05, 3.63) is 40.5 Å². The zero-order valence-corrected chi connectivity index (χ0v) is 11.2. The topological polar surface area (TPSA) is 55.4 Å². The van der Waals surface area contributed by atoms with Crippen molar-refractivity contribution < 1.29 is 13.7 Å². The van der Waals surface area contributed by atoms with Crippen LogP contribution in [0.15, 0.2) is 34.9 Å². The van der Waals surface area contributed by atoms with Gasteiger partial charge in [0.15, 0.2) is 0 Å². The van der Waals surface area contributed by atoms with Crippen molar-refractivity contribution in [3.8, 4) is 0 Å². The lowest BCUT2D eigenvalue weighted by Gasteiger charge is -2.17. The summed E-state index contributed by atoms with van der Waals surface area (Å²) >= 11 is 0. The monoisotopic (exact) mass is 265 g/mol. The molecule has 0 saturated heterocycles. The maximum atomic E-state index is 12.0. The quantitative estimate of drug-likeness (QED) is 0.889. The van der Waals surface area contributed by atoms with Crippen LogP contribution in [0.4, 0.5) is 5.69 Å². The molecular weight excluding hydrogens is 250 g/mol. The largest absolute Gasteiger partial charge is 0.496 e. The number of carbonyl (C=O) groups is 1. The number of hydrogen-bond donors (Lipinski definition) is 1. The first-order valence-corrected chi connectivity index (χ1v) is 7.00. The van der Waals surface area contributed by atoms with E-state index in [9.17, 15) is 9.00 Å². The van der Waals surface area contributed by atoms with Crippen LogP contribution in [0.25, 0.3) is 0 Å². The van der Waals surface area contributed by atoms with Gasteiger partial charge >= 0.3 is 0 Å². The Balaban J connectivity index is 2.17. The van der Waals surface area contributed by atoms with E-state index in [-0.39, 0.29) is 10.8 Å². The second kappa shape index (κ2) is 5.35. The van der Waals surface area contributed by atoms with Gasteiger partial charge in [-0.3, -0.25) is 9.00 Å². The second-order valence-electron chi connectivity index (χ2n) is 4.10. The van der Waals surface area contributed by atoms with E-state index in [0.717, 1.165) is 5.56 Å². The number of ether oxygens (including phenoxy) is 1. The van der Waals surface area contributed by atoms with Gasteiger partial charge in [0, 0.05) is 5.69 Å². The lowest BCUT2D eigenvalue weighted by molar-refractivity contribution is -0.112. The molecule has 1 aliphatic heterocycles. The molecule has 1 amide bonds. The first kappa shape index (κ1) is 12.8. The highest BCUT2D eigenvalue weighted by molar-refractivity contribution is 7.90. The van der Waals surface area contributed by atoms with Gasteiger partial charge in [-0.15, -0.1) is 0 Å². The minimum atomic E-state index is -1.27. The van der Waals surface area contributed by atoms with Crippen molar-refractivity contribution in [3.63, 3.8) is 0 Å². The number of benzene rings is 1. The summed E-state index contributed by atoms with van der Waals surface area (Å²) in [6, 6.07) is 7.45. The molecule has 1 heterocycles. The first-order chi connectivity index (χ1) is 8.58. The predicted molar refractivity (Wildman–Crippen MR) is 71.5 cm³/mol. The van der Waals surface area contributed by atoms with Gasteiger partial charge < -0.3 is 10.1 Å². The number of hydrogen-bond acceptors (Lipinski definition) is 3. The summed E-state index contributed by atoms with van der Waals surface area (Å²) < 4.78 is 17.1. The summed E-state index contributed by atoms with van der Waals surface area (Å²) in [6.45, 7) is 4.04. The maximum absolute atomic E-state index is 12.0. The molecule has 5 heteroatoms. The molecule has 1 atom stereocenters. The van der Waals surface area contributed by atoms with Crippen LogP contribution in [0.3, 0.4) is 0 Å². The Labute approximate surface area is 108 Å². The van der Waals surface area contributed by atoms with E-state index < -0.39 is 10.8 Å². The Bertz CT molecular complexity index is 520. The molecule has 1 aromatic carbocycles. The minimum absolute atomic E-state index is 0.238. The third kappa shape index (κ3) is 2.79. The molecule has 1 aromatic rings. The summed E-state index contributed by atoms with van der Waals surface area (Å²) in [5.74, 6) is 0.465. The Kier molecular flexibility index (Phi) is 3.81. The Morgan fingerprint density at radius 1 is 1.28 bits per heavy atom. The standard InChI is InChI=1S/C13H15NO3S/c1-9-3-5-11(6-4-9)14-13(15)12-10(2)17-7-8-18(12)16/h3-6H,7-8H2,1-2H3,(H,14,15).